The molecule has 1 aliphatic carbocycles. The van der Waals surface area contributed by atoms with Crippen LogP contribution in [0.5, 0.6) is 11.5 Å². The van der Waals surface area contributed by atoms with Gasteiger partial charge in [0.1, 0.15) is 30.7 Å². The van der Waals surface area contributed by atoms with E-state index in [9.17, 15) is 5.26 Å². The van der Waals surface area contributed by atoms with Crippen molar-refractivity contribution in [2.75, 3.05) is 30.4 Å². The van der Waals surface area contributed by atoms with Crippen molar-refractivity contribution in [3.05, 3.63) is 36.2 Å². The van der Waals surface area contributed by atoms with Crippen LogP contribution in [0.15, 0.2) is 30.6 Å². The molecule has 1 fully saturated rings. The first-order chi connectivity index (χ1) is 16.7. The number of anilines is 3. The highest BCUT2D eigenvalue weighted by atomic mass is 16.6. The summed E-state index contributed by atoms with van der Waals surface area (Å²) in [6.07, 6.45) is 7.13. The summed E-state index contributed by atoms with van der Waals surface area (Å²) in [7, 11) is 1.89. The number of hydrogen-bond acceptors (Lipinski definition) is 8. The molecule has 3 N–H and O–H groups in total. The number of aromatic amines is 1. The molecule has 172 valence electrons. The molecule has 10 heteroatoms. The van der Waals surface area contributed by atoms with E-state index in [2.05, 4.69) is 31.8 Å². The lowest BCUT2D eigenvalue weighted by atomic mass is 9.85. The second-order valence-corrected chi connectivity index (χ2v) is 8.59. The van der Waals surface area contributed by atoms with E-state index in [1.807, 2.05) is 25.2 Å². The molecule has 0 unspecified atom stereocenters. The van der Waals surface area contributed by atoms with E-state index in [-0.39, 0.29) is 0 Å². The van der Waals surface area contributed by atoms with Gasteiger partial charge in [-0.2, -0.15) is 20.3 Å². The molecule has 0 radical (unpaired) electrons. The van der Waals surface area contributed by atoms with Crippen molar-refractivity contribution in [2.45, 2.75) is 19.3 Å². The molecule has 4 heterocycles. The number of ether oxygens (including phenoxy) is 2. The number of nitrogens with zero attached hydrogens (tertiary/aromatic N) is 5. The Bertz CT molecular complexity index is 1410. The molecule has 1 saturated carbocycles. The maximum absolute atomic E-state index is 9.54. The van der Waals surface area contributed by atoms with E-state index in [0.29, 0.717) is 64.7 Å². The Kier molecular flexibility index (Phi) is 4.95. The number of rotatable bonds is 6. The van der Waals surface area contributed by atoms with Gasteiger partial charge in [0.2, 0.25) is 5.95 Å². The summed E-state index contributed by atoms with van der Waals surface area (Å²) >= 11 is 0. The minimum absolute atomic E-state index is 0.402. The molecule has 0 spiro atoms. The average molecular weight is 457 g/mol. The predicted molar refractivity (Wildman–Crippen MR) is 127 cm³/mol. The zero-order valence-electron chi connectivity index (χ0n) is 18.8. The highest BCUT2D eigenvalue weighted by molar-refractivity contribution is 5.94. The molecule has 34 heavy (non-hydrogen) atoms. The van der Waals surface area contributed by atoms with Crippen molar-refractivity contribution in [2.24, 2.45) is 13.0 Å². The van der Waals surface area contributed by atoms with Crippen LogP contribution in [-0.4, -0.2) is 44.5 Å². The molecule has 10 nitrogen and oxygen atoms in total. The van der Waals surface area contributed by atoms with Gasteiger partial charge in [0.25, 0.3) is 0 Å². The van der Waals surface area contributed by atoms with E-state index in [0.717, 1.165) is 17.8 Å². The molecule has 4 aromatic rings. The van der Waals surface area contributed by atoms with Gasteiger partial charge in [0, 0.05) is 31.5 Å². The Labute approximate surface area is 195 Å². The summed E-state index contributed by atoms with van der Waals surface area (Å²) in [5.41, 5.74) is 3.67. The van der Waals surface area contributed by atoms with Gasteiger partial charge in [-0.3, -0.25) is 4.68 Å². The fraction of sp³-hybridized carbons (Fsp3) is 0.333. The summed E-state index contributed by atoms with van der Waals surface area (Å²) < 4.78 is 13.8. The lowest BCUT2D eigenvalue weighted by Crippen LogP contribution is -2.21. The third-order valence-electron chi connectivity index (χ3n) is 6.47. The number of aryl methyl sites for hydroxylation is 1. The molecule has 1 aromatic carbocycles. The van der Waals surface area contributed by atoms with Crippen LogP contribution in [0.25, 0.3) is 22.3 Å². The van der Waals surface area contributed by atoms with Gasteiger partial charge < -0.3 is 25.1 Å². The van der Waals surface area contributed by atoms with Gasteiger partial charge in [-0.25, -0.2) is 0 Å². The van der Waals surface area contributed by atoms with Crippen LogP contribution in [0.4, 0.5) is 17.5 Å². The fourth-order valence-electron chi connectivity index (χ4n) is 4.44. The van der Waals surface area contributed by atoms with Gasteiger partial charge in [0.15, 0.2) is 11.5 Å². The summed E-state index contributed by atoms with van der Waals surface area (Å²) in [6, 6.07) is 8.07. The smallest absolute Gasteiger partial charge is 0.231 e. The monoisotopic (exact) mass is 456 g/mol. The molecule has 2 aliphatic rings. The van der Waals surface area contributed by atoms with E-state index in [4.69, 9.17) is 14.5 Å². The van der Waals surface area contributed by atoms with E-state index >= 15 is 0 Å². The van der Waals surface area contributed by atoms with Crippen molar-refractivity contribution in [3.63, 3.8) is 0 Å². The maximum atomic E-state index is 9.54. The average Bonchev–Trinajstić information content (AvgIpc) is 3.44. The first kappa shape index (κ1) is 20.4. The quantitative estimate of drug-likeness (QED) is 0.398. The third-order valence-corrected chi connectivity index (χ3v) is 6.47. The normalized spacial score (nSPS) is 15.1. The zero-order chi connectivity index (χ0) is 23.1. The number of nitriles is 1. The summed E-state index contributed by atoms with van der Waals surface area (Å²) in [5.74, 6) is 2.97. The predicted octanol–water partition coefficient (Wildman–Crippen LogP) is 3.96. The molecular weight excluding hydrogens is 432 g/mol. The number of nitrogens with one attached hydrogen (secondary N) is 3. The highest BCUT2D eigenvalue weighted by Gasteiger charge is 2.24. The van der Waals surface area contributed by atoms with Crippen molar-refractivity contribution >= 4 is 28.5 Å². The molecule has 0 amide bonds. The Morgan fingerprint density at radius 1 is 1.18 bits per heavy atom. The molecule has 1 aliphatic heterocycles. The van der Waals surface area contributed by atoms with Crippen LogP contribution >= 0.6 is 0 Å². The number of aromatic nitrogens is 5. The van der Waals surface area contributed by atoms with E-state index in [1.54, 1.807) is 17.1 Å². The van der Waals surface area contributed by atoms with Crippen LogP contribution in [0, 0.1) is 17.2 Å². The summed E-state index contributed by atoms with van der Waals surface area (Å²) in [6.45, 7) is 1.75. The first-order valence-corrected chi connectivity index (χ1v) is 11.4. The summed E-state index contributed by atoms with van der Waals surface area (Å²) in [4.78, 5) is 12.4. The second-order valence-electron chi connectivity index (χ2n) is 8.59. The van der Waals surface area contributed by atoms with E-state index < -0.39 is 0 Å². The van der Waals surface area contributed by atoms with Crippen LogP contribution in [0.3, 0.4) is 0 Å². The lowest BCUT2D eigenvalue weighted by molar-refractivity contribution is 0.173. The number of hydrogen-bond donors (Lipinski definition) is 3. The van der Waals surface area contributed by atoms with Gasteiger partial charge in [-0.15, -0.1) is 0 Å². The molecular formula is C24H24N8O2. The number of fused-ring (bicyclic) bond motifs is 2. The third kappa shape index (κ3) is 3.46. The highest BCUT2D eigenvalue weighted by Crippen LogP contribution is 2.45. The van der Waals surface area contributed by atoms with Crippen molar-refractivity contribution in [1.82, 2.24) is 24.7 Å². The summed E-state index contributed by atoms with van der Waals surface area (Å²) in [5, 5.41) is 21.3. The first-order valence-electron chi connectivity index (χ1n) is 11.4. The minimum Gasteiger partial charge on any atom is -0.485 e. The largest absolute Gasteiger partial charge is 0.485 e. The van der Waals surface area contributed by atoms with Gasteiger partial charge in [-0.1, -0.05) is 6.42 Å². The van der Waals surface area contributed by atoms with Crippen molar-refractivity contribution in [1.29, 1.82) is 5.26 Å². The lowest BCUT2D eigenvalue weighted by Gasteiger charge is -2.26. The standard InChI is InChI=1S/C24H24N8O2/c1-32-18(7-8-28-32)16-5-6-17(21-20(16)33-9-10-34-21)29-24-30-22(26-12-14-3-2-4-14)19-15(11-25)13-27-23(19)31-24/h5-8,13-14H,2-4,9-10,12H2,1H3,(H3,26,27,29,30,31). The molecule has 3 aromatic heterocycles. The maximum Gasteiger partial charge on any atom is 0.231 e. The van der Waals surface area contributed by atoms with Crippen LogP contribution in [-0.2, 0) is 7.05 Å². The Morgan fingerprint density at radius 2 is 2.03 bits per heavy atom. The van der Waals surface area contributed by atoms with Crippen LogP contribution < -0.4 is 20.1 Å². The fourth-order valence-corrected chi connectivity index (χ4v) is 4.44. The van der Waals surface area contributed by atoms with E-state index in [1.165, 1.54) is 19.3 Å². The number of benzene rings is 1. The Morgan fingerprint density at radius 3 is 2.76 bits per heavy atom. The second kappa shape index (κ2) is 8.26. The van der Waals surface area contributed by atoms with Gasteiger partial charge in [0.05, 0.1) is 22.3 Å². The molecule has 0 saturated heterocycles. The minimum atomic E-state index is 0.402. The van der Waals surface area contributed by atoms with Crippen molar-refractivity contribution in [3.8, 4) is 28.8 Å². The number of H-pyrrole nitrogens is 1. The Hall–Kier alpha value is -4.26. The molecule has 0 bridgehead atoms. The Balaban J connectivity index is 1.38. The van der Waals surface area contributed by atoms with Crippen LogP contribution in [0.2, 0.25) is 0 Å². The van der Waals surface area contributed by atoms with Gasteiger partial charge in [-0.05, 0) is 37.0 Å². The van der Waals surface area contributed by atoms with Crippen molar-refractivity contribution < 1.29 is 9.47 Å². The topological polar surface area (TPSA) is 126 Å². The molecule has 6 rings (SSSR count). The van der Waals surface area contributed by atoms with Gasteiger partial charge >= 0.3 is 0 Å². The van der Waals surface area contributed by atoms with Crippen LogP contribution in [0.1, 0.15) is 24.8 Å². The zero-order valence-corrected chi connectivity index (χ0v) is 18.8. The SMILES string of the molecule is Cn1nccc1-c1ccc(Nc2nc(NCC3CCC3)c3c(C#N)c[nH]c3n2)c2c1OCCO2. The molecule has 0 atom stereocenters.